The van der Waals surface area contributed by atoms with Crippen LogP contribution in [-0.4, -0.2) is 104 Å². The molecule has 2 aliphatic rings. The number of hydrogen-bond donors (Lipinski definition) is 0. The van der Waals surface area contributed by atoms with Gasteiger partial charge in [-0.05, 0) is 27.7 Å². The van der Waals surface area contributed by atoms with Gasteiger partial charge >= 0.3 is 0 Å². The molecule has 2 saturated heterocycles. The number of ether oxygens (including phenoxy) is 8. The van der Waals surface area contributed by atoms with Crippen LogP contribution in [0.2, 0.25) is 0 Å². The second kappa shape index (κ2) is 21.6. The van der Waals surface area contributed by atoms with Gasteiger partial charge in [0.25, 0.3) is 0 Å². The van der Waals surface area contributed by atoms with Crippen molar-refractivity contribution in [2.24, 2.45) is 0 Å². The van der Waals surface area contributed by atoms with Crippen molar-refractivity contribution >= 4 is 40.5 Å². The van der Waals surface area contributed by atoms with Crippen LogP contribution in [0.4, 0.5) is 0 Å². The van der Waals surface area contributed by atoms with Crippen molar-refractivity contribution in [3.05, 3.63) is 0 Å². The molecule has 2 rings (SSSR count). The molecule has 0 aromatic carbocycles. The molecular formula is C22H48O8S3. The molecule has 8 nitrogen and oxygen atoms in total. The highest BCUT2D eigenvalue weighted by molar-refractivity contribution is 7.59. The first-order valence-electron chi connectivity index (χ1n) is 10.1. The number of terminal acetylenes is 1. The Labute approximate surface area is 222 Å². The van der Waals surface area contributed by atoms with Crippen LogP contribution < -0.4 is 0 Å². The van der Waals surface area contributed by atoms with Crippen molar-refractivity contribution in [2.75, 3.05) is 42.7 Å². The maximum atomic E-state index is 5.70. The summed E-state index contributed by atoms with van der Waals surface area (Å²) in [5, 5.41) is 0. The summed E-state index contributed by atoms with van der Waals surface area (Å²) in [5.74, 6) is 0. The van der Waals surface area contributed by atoms with Gasteiger partial charge in [-0.3, -0.25) is 0 Å². The second-order valence-corrected chi connectivity index (χ2v) is 7.29. The molecule has 0 N–H and O–H groups in total. The van der Waals surface area contributed by atoms with Crippen molar-refractivity contribution < 1.29 is 37.9 Å². The lowest BCUT2D eigenvalue weighted by Crippen LogP contribution is -2.57. The Morgan fingerprint density at radius 2 is 0.545 bits per heavy atom. The van der Waals surface area contributed by atoms with Crippen LogP contribution in [-0.2, 0) is 37.9 Å². The molecule has 0 spiro atoms. The average molecular weight is 537 g/mol. The summed E-state index contributed by atoms with van der Waals surface area (Å²) in [7, 11) is 10.0. The third-order valence-corrected chi connectivity index (χ3v) is 5.64. The summed E-state index contributed by atoms with van der Waals surface area (Å²) in [5.41, 5.74) is 0. The highest BCUT2D eigenvalue weighted by Gasteiger charge is 2.44. The van der Waals surface area contributed by atoms with E-state index < -0.39 is 0 Å². The van der Waals surface area contributed by atoms with Crippen LogP contribution in [0.1, 0.15) is 27.7 Å². The van der Waals surface area contributed by atoms with Crippen molar-refractivity contribution in [1.29, 1.82) is 0 Å². The summed E-state index contributed by atoms with van der Waals surface area (Å²) in [6.07, 6.45) is 7.73. The van der Waals surface area contributed by atoms with E-state index >= 15 is 0 Å². The number of rotatable bonds is 6. The van der Waals surface area contributed by atoms with Gasteiger partial charge in [-0.1, -0.05) is 0 Å². The molecule has 0 aromatic heterocycles. The van der Waals surface area contributed by atoms with Crippen molar-refractivity contribution in [3.63, 3.8) is 0 Å². The van der Waals surface area contributed by atoms with Gasteiger partial charge in [-0.15, -0.1) is 12.8 Å². The predicted molar refractivity (Wildman–Crippen MR) is 146 cm³/mol. The van der Waals surface area contributed by atoms with Gasteiger partial charge in [-0.2, -0.15) is 40.5 Å². The molecule has 0 aromatic rings. The monoisotopic (exact) mass is 536 g/mol. The van der Waals surface area contributed by atoms with Crippen LogP contribution in [0, 0.1) is 12.8 Å². The molecule has 0 bridgehead atoms. The molecule has 2 aliphatic heterocycles. The molecule has 33 heavy (non-hydrogen) atoms. The van der Waals surface area contributed by atoms with E-state index in [-0.39, 0.29) is 102 Å². The SMILES string of the molecule is C#C.COC1C(C)OC(C)C(OC)C1OC.COC1[C@@H](OC)[C@H](C)O[C@@H](C)[C@@H]1OC.S.S.S. The number of methoxy groups -OCH3 is 6. The summed E-state index contributed by atoms with van der Waals surface area (Å²) in [4.78, 5) is 0. The fraction of sp³-hybridized carbons (Fsp3) is 0.909. The fourth-order valence-corrected chi connectivity index (χ4v) is 4.27. The number of hydrogen-bond acceptors (Lipinski definition) is 8. The van der Waals surface area contributed by atoms with Crippen LogP contribution in [0.3, 0.4) is 0 Å². The fourth-order valence-electron chi connectivity index (χ4n) is 4.27. The van der Waals surface area contributed by atoms with Crippen LogP contribution in [0.15, 0.2) is 0 Å². The molecule has 4 unspecified atom stereocenters. The first-order valence-corrected chi connectivity index (χ1v) is 10.1. The zero-order valence-corrected chi connectivity index (χ0v) is 24.7. The van der Waals surface area contributed by atoms with Crippen LogP contribution in [0.5, 0.6) is 0 Å². The van der Waals surface area contributed by atoms with Crippen molar-refractivity contribution in [2.45, 2.75) is 88.7 Å². The lowest BCUT2D eigenvalue weighted by Gasteiger charge is -2.42. The van der Waals surface area contributed by atoms with Crippen LogP contribution >= 0.6 is 40.5 Å². The van der Waals surface area contributed by atoms with Crippen molar-refractivity contribution in [1.82, 2.24) is 0 Å². The Balaban J connectivity index is -0.000000218. The van der Waals surface area contributed by atoms with E-state index in [1.54, 1.807) is 42.7 Å². The molecule has 11 heteroatoms. The van der Waals surface area contributed by atoms with Gasteiger partial charge in [0, 0.05) is 42.7 Å². The smallest absolute Gasteiger partial charge is 0.114 e. The Morgan fingerprint density at radius 3 is 0.667 bits per heavy atom. The predicted octanol–water partition coefficient (Wildman–Crippen LogP) is 2.27. The van der Waals surface area contributed by atoms with E-state index in [4.69, 9.17) is 37.9 Å². The highest BCUT2D eigenvalue weighted by Crippen LogP contribution is 2.27. The first kappa shape index (κ1) is 40.5. The standard InChI is InChI=1S/2C10H20O4.C2H2.3H2S/c2*1-6-8(11-3)10(13-5)9(12-4)7(2)14-6;1-2;;;/h2*6-10H,1-5H3;1-2H;3*1H2/t6-,7-,8-,9-;;;;;/m0...../s1. The molecule has 202 valence electrons. The van der Waals surface area contributed by atoms with E-state index in [0.717, 1.165) is 0 Å². The summed E-state index contributed by atoms with van der Waals surface area (Å²) in [6, 6.07) is 0. The Hall–Kier alpha value is 0.290. The van der Waals surface area contributed by atoms with E-state index in [2.05, 4.69) is 12.8 Å². The topological polar surface area (TPSA) is 73.8 Å². The van der Waals surface area contributed by atoms with Gasteiger partial charge in [0.2, 0.25) is 0 Å². The zero-order valence-electron chi connectivity index (χ0n) is 21.7. The van der Waals surface area contributed by atoms with Crippen molar-refractivity contribution in [3.8, 4) is 12.8 Å². The van der Waals surface area contributed by atoms with Gasteiger partial charge in [-0.25, -0.2) is 0 Å². The van der Waals surface area contributed by atoms with Crippen LogP contribution in [0.25, 0.3) is 0 Å². The molecule has 0 aliphatic carbocycles. The zero-order chi connectivity index (χ0) is 23.4. The molecule has 2 fully saturated rings. The minimum Gasteiger partial charge on any atom is -0.376 e. The maximum absolute atomic E-state index is 5.70. The molecule has 0 saturated carbocycles. The van der Waals surface area contributed by atoms with Gasteiger partial charge in [0.1, 0.15) is 36.6 Å². The maximum Gasteiger partial charge on any atom is 0.114 e. The summed E-state index contributed by atoms with van der Waals surface area (Å²) >= 11 is 0. The quantitative estimate of drug-likeness (QED) is 0.479. The Bertz CT molecular complexity index is 404. The first-order chi connectivity index (χ1) is 14.3. The third kappa shape index (κ3) is 10.8. The molecule has 0 amide bonds. The highest BCUT2D eigenvalue weighted by atomic mass is 32.1. The normalized spacial score (nSPS) is 37.3. The van der Waals surface area contributed by atoms with E-state index in [0.29, 0.717) is 0 Å². The summed E-state index contributed by atoms with van der Waals surface area (Å²) < 4.78 is 43.6. The lowest BCUT2D eigenvalue weighted by molar-refractivity contribution is -0.233. The Kier molecular flexibility index (Phi) is 26.4. The second-order valence-electron chi connectivity index (χ2n) is 7.29. The van der Waals surface area contributed by atoms with E-state index in [9.17, 15) is 0 Å². The lowest BCUT2D eigenvalue weighted by atomic mass is 9.96. The molecular weight excluding hydrogens is 488 g/mol. The minimum absolute atomic E-state index is 0. The third-order valence-electron chi connectivity index (χ3n) is 5.64. The molecule has 2 heterocycles. The molecule has 8 atom stereocenters. The summed E-state index contributed by atoms with van der Waals surface area (Å²) in [6.45, 7) is 7.95. The molecule has 0 radical (unpaired) electrons. The van der Waals surface area contributed by atoms with E-state index in [1.807, 2.05) is 27.7 Å². The van der Waals surface area contributed by atoms with Gasteiger partial charge in [0.05, 0.1) is 24.4 Å². The van der Waals surface area contributed by atoms with Gasteiger partial charge in [0.15, 0.2) is 0 Å². The largest absolute Gasteiger partial charge is 0.376 e. The minimum atomic E-state index is -0.0684. The van der Waals surface area contributed by atoms with E-state index in [1.165, 1.54) is 0 Å². The van der Waals surface area contributed by atoms with Gasteiger partial charge < -0.3 is 37.9 Å². The Morgan fingerprint density at radius 1 is 0.394 bits per heavy atom. The average Bonchev–Trinajstić information content (AvgIpc) is 2.74.